The molecule has 64 valence electrons. The number of rotatable bonds is 0. The molecule has 0 aliphatic carbocycles. The van der Waals surface area contributed by atoms with Crippen LogP contribution < -0.4 is 0 Å². The molecule has 2 heterocycles. The highest BCUT2D eigenvalue weighted by Gasteiger charge is 2.19. The molecule has 0 aliphatic rings. The highest BCUT2D eigenvalue weighted by molar-refractivity contribution is 7.25. The second-order valence-corrected chi connectivity index (χ2v) is 5.60. The Bertz CT molecular complexity index is 392. The Labute approximate surface area is 80.1 Å². The maximum Gasteiger partial charge on any atom is 0.134 e. The summed E-state index contributed by atoms with van der Waals surface area (Å²) in [5.41, 5.74) is 3.62. The third-order valence-electron chi connectivity index (χ3n) is 1.88. The van der Waals surface area contributed by atoms with E-state index in [2.05, 4.69) is 31.1 Å². The third-order valence-corrected chi connectivity index (χ3v) is 3.75. The molecule has 0 amide bonds. The molecule has 0 aliphatic heterocycles. The molecule has 12 heavy (non-hydrogen) atoms. The first-order chi connectivity index (χ1) is 5.59. The van der Waals surface area contributed by atoms with Gasteiger partial charge in [0.15, 0.2) is 0 Å². The van der Waals surface area contributed by atoms with Crippen molar-refractivity contribution in [3.05, 3.63) is 16.5 Å². The summed E-state index contributed by atoms with van der Waals surface area (Å²) >= 11 is 3.49. The Kier molecular flexibility index (Phi) is 1.73. The number of fused-ring (bicyclic) bond motifs is 1. The number of thiophene rings is 1. The number of hydrogen-bond acceptors (Lipinski definition) is 3. The molecule has 0 unspecified atom stereocenters. The molecule has 2 aromatic rings. The van der Waals surface area contributed by atoms with Crippen LogP contribution in [-0.4, -0.2) is 4.98 Å². The molecule has 0 spiro atoms. The molecule has 2 aromatic heterocycles. The summed E-state index contributed by atoms with van der Waals surface area (Å²) in [6.45, 7) is 6.73. The highest BCUT2D eigenvalue weighted by atomic mass is 32.1. The molecule has 0 saturated heterocycles. The predicted octanol–water partition coefficient (Wildman–Crippen LogP) is 3.66. The predicted molar refractivity (Wildman–Crippen MR) is 56.2 cm³/mol. The lowest BCUT2D eigenvalue weighted by atomic mass is 9.89. The first kappa shape index (κ1) is 8.20. The average molecular weight is 197 g/mol. The van der Waals surface area contributed by atoms with Gasteiger partial charge in [0, 0.05) is 0 Å². The van der Waals surface area contributed by atoms with Crippen molar-refractivity contribution in [3.63, 3.8) is 0 Å². The molecule has 1 nitrogen and oxygen atoms in total. The SMILES string of the molecule is CC(C)(C)c1csc2ncsc12. The van der Waals surface area contributed by atoms with Crippen molar-refractivity contribution in [1.29, 1.82) is 0 Å². The van der Waals surface area contributed by atoms with Gasteiger partial charge in [-0.1, -0.05) is 20.8 Å². The molecule has 2 rings (SSSR count). The largest absolute Gasteiger partial charge is 0.234 e. The van der Waals surface area contributed by atoms with E-state index in [0.29, 0.717) is 0 Å². The quantitative estimate of drug-likeness (QED) is 0.628. The minimum Gasteiger partial charge on any atom is -0.234 e. The Morgan fingerprint density at radius 3 is 2.67 bits per heavy atom. The zero-order valence-corrected chi connectivity index (χ0v) is 9.05. The zero-order chi connectivity index (χ0) is 8.77. The van der Waals surface area contributed by atoms with E-state index in [1.165, 1.54) is 15.1 Å². The van der Waals surface area contributed by atoms with Gasteiger partial charge in [0.2, 0.25) is 0 Å². The second kappa shape index (κ2) is 2.54. The van der Waals surface area contributed by atoms with E-state index in [4.69, 9.17) is 0 Å². The van der Waals surface area contributed by atoms with Gasteiger partial charge in [-0.25, -0.2) is 4.98 Å². The van der Waals surface area contributed by atoms with Crippen LogP contribution in [0.3, 0.4) is 0 Å². The summed E-state index contributed by atoms with van der Waals surface area (Å²) < 4.78 is 1.37. The van der Waals surface area contributed by atoms with E-state index in [9.17, 15) is 0 Å². The number of hydrogen-bond donors (Lipinski definition) is 0. The van der Waals surface area contributed by atoms with Crippen LogP contribution in [0.5, 0.6) is 0 Å². The number of nitrogens with zero attached hydrogens (tertiary/aromatic N) is 1. The van der Waals surface area contributed by atoms with Gasteiger partial charge < -0.3 is 0 Å². The van der Waals surface area contributed by atoms with E-state index in [0.717, 1.165) is 0 Å². The molecule has 0 radical (unpaired) electrons. The fraction of sp³-hybridized carbons (Fsp3) is 0.444. The van der Waals surface area contributed by atoms with E-state index in [1.54, 1.807) is 22.7 Å². The van der Waals surface area contributed by atoms with Gasteiger partial charge in [0.05, 0.1) is 10.2 Å². The van der Waals surface area contributed by atoms with Crippen molar-refractivity contribution in [3.8, 4) is 0 Å². The summed E-state index contributed by atoms with van der Waals surface area (Å²) in [5, 5.41) is 2.23. The Hall–Kier alpha value is -0.410. The Morgan fingerprint density at radius 1 is 1.25 bits per heavy atom. The van der Waals surface area contributed by atoms with Gasteiger partial charge in [-0.3, -0.25) is 0 Å². The van der Waals surface area contributed by atoms with E-state index in [-0.39, 0.29) is 5.41 Å². The first-order valence-corrected chi connectivity index (χ1v) is 5.66. The fourth-order valence-corrected chi connectivity index (χ4v) is 3.55. The summed E-state index contributed by atoms with van der Waals surface area (Å²) in [4.78, 5) is 5.48. The average Bonchev–Trinajstić information content (AvgIpc) is 2.37. The van der Waals surface area contributed by atoms with Gasteiger partial charge in [-0.05, 0) is 16.4 Å². The van der Waals surface area contributed by atoms with Crippen molar-refractivity contribution in [2.75, 3.05) is 0 Å². The lowest BCUT2D eigenvalue weighted by Crippen LogP contribution is -2.09. The first-order valence-electron chi connectivity index (χ1n) is 3.90. The summed E-state index contributed by atoms with van der Waals surface area (Å²) in [7, 11) is 0. The van der Waals surface area contributed by atoms with Crippen LogP contribution in [0.25, 0.3) is 9.53 Å². The van der Waals surface area contributed by atoms with Crippen LogP contribution in [0.15, 0.2) is 10.9 Å². The van der Waals surface area contributed by atoms with Crippen molar-refractivity contribution in [2.45, 2.75) is 26.2 Å². The van der Waals surface area contributed by atoms with Gasteiger partial charge in [-0.2, -0.15) is 0 Å². The summed E-state index contributed by atoms with van der Waals surface area (Å²) in [6.07, 6.45) is 0. The number of thiazole rings is 1. The lowest BCUT2D eigenvalue weighted by Gasteiger charge is -2.16. The molecule has 0 fully saturated rings. The van der Waals surface area contributed by atoms with Crippen LogP contribution in [-0.2, 0) is 5.41 Å². The standard InChI is InChI=1S/C9H11NS2/c1-9(2,3)6-4-11-8-7(6)12-5-10-8/h4-5H,1-3H3. The number of aromatic nitrogens is 1. The fourth-order valence-electron chi connectivity index (χ4n) is 1.18. The molecule has 0 aromatic carbocycles. The van der Waals surface area contributed by atoms with Crippen LogP contribution >= 0.6 is 22.7 Å². The smallest absolute Gasteiger partial charge is 0.134 e. The maximum absolute atomic E-state index is 4.29. The van der Waals surface area contributed by atoms with Crippen LogP contribution in [0.2, 0.25) is 0 Å². The van der Waals surface area contributed by atoms with Crippen molar-refractivity contribution >= 4 is 32.2 Å². The molecular weight excluding hydrogens is 186 g/mol. The van der Waals surface area contributed by atoms with Crippen molar-refractivity contribution in [1.82, 2.24) is 4.98 Å². The zero-order valence-electron chi connectivity index (χ0n) is 7.42. The Morgan fingerprint density at radius 2 is 2.00 bits per heavy atom. The molecule has 0 atom stereocenters. The van der Waals surface area contributed by atoms with E-state index < -0.39 is 0 Å². The van der Waals surface area contributed by atoms with Gasteiger partial charge in [-0.15, -0.1) is 22.7 Å². The lowest BCUT2D eigenvalue weighted by molar-refractivity contribution is 0.598. The van der Waals surface area contributed by atoms with Crippen molar-refractivity contribution < 1.29 is 0 Å². The summed E-state index contributed by atoms with van der Waals surface area (Å²) in [5.74, 6) is 0. The topological polar surface area (TPSA) is 12.9 Å². The monoisotopic (exact) mass is 197 g/mol. The molecule has 0 N–H and O–H groups in total. The second-order valence-electron chi connectivity index (χ2n) is 3.89. The van der Waals surface area contributed by atoms with Crippen LogP contribution in [0.1, 0.15) is 26.3 Å². The highest BCUT2D eigenvalue weighted by Crippen LogP contribution is 2.36. The minimum absolute atomic E-state index is 0.255. The Balaban J connectivity index is 2.69. The molecular formula is C9H11NS2. The van der Waals surface area contributed by atoms with Crippen molar-refractivity contribution in [2.24, 2.45) is 0 Å². The van der Waals surface area contributed by atoms with E-state index >= 15 is 0 Å². The van der Waals surface area contributed by atoms with Crippen LogP contribution in [0, 0.1) is 0 Å². The molecule has 3 heteroatoms. The van der Waals surface area contributed by atoms with Crippen LogP contribution in [0.4, 0.5) is 0 Å². The summed E-state index contributed by atoms with van der Waals surface area (Å²) in [6, 6.07) is 0. The van der Waals surface area contributed by atoms with Gasteiger partial charge >= 0.3 is 0 Å². The van der Waals surface area contributed by atoms with Gasteiger partial charge in [0.1, 0.15) is 4.83 Å². The maximum atomic E-state index is 4.29. The minimum atomic E-state index is 0.255. The molecule has 0 saturated carbocycles. The molecule has 0 bridgehead atoms. The normalized spacial score (nSPS) is 12.6. The van der Waals surface area contributed by atoms with Gasteiger partial charge in [0.25, 0.3) is 0 Å². The van der Waals surface area contributed by atoms with E-state index in [1.807, 2.05) is 5.51 Å². The third kappa shape index (κ3) is 1.17.